The van der Waals surface area contributed by atoms with Crippen LogP contribution in [0.25, 0.3) is 16.9 Å². The molecule has 0 saturated heterocycles. The van der Waals surface area contributed by atoms with Crippen LogP contribution in [-0.4, -0.2) is 14.5 Å². The summed E-state index contributed by atoms with van der Waals surface area (Å²) in [6.07, 6.45) is 1.82. The van der Waals surface area contributed by atoms with Crippen LogP contribution in [0.15, 0.2) is 48.7 Å². The number of hydrogen-bond donors (Lipinski definition) is 2. The summed E-state index contributed by atoms with van der Waals surface area (Å²) in [5.41, 5.74) is 8.73. The van der Waals surface area contributed by atoms with Gasteiger partial charge >= 0.3 is 0 Å². The molecule has 2 heterocycles. The summed E-state index contributed by atoms with van der Waals surface area (Å²) < 4.78 is 2.03. The Kier molecular flexibility index (Phi) is 2.50. The van der Waals surface area contributed by atoms with E-state index in [2.05, 4.69) is 4.98 Å². The zero-order valence-corrected chi connectivity index (χ0v) is 9.74. The molecule has 0 radical (unpaired) electrons. The Labute approximate surface area is 104 Å². The molecule has 0 atom stereocenters. The van der Waals surface area contributed by atoms with Crippen LogP contribution in [0.2, 0.25) is 0 Å². The van der Waals surface area contributed by atoms with Crippen LogP contribution in [0.5, 0.6) is 5.75 Å². The van der Waals surface area contributed by atoms with E-state index in [1.54, 1.807) is 12.1 Å². The lowest BCUT2D eigenvalue weighted by atomic mass is 10.2. The van der Waals surface area contributed by atoms with E-state index < -0.39 is 0 Å². The summed E-state index contributed by atoms with van der Waals surface area (Å²) in [7, 11) is 0. The molecular weight excluding hydrogens is 226 g/mol. The van der Waals surface area contributed by atoms with Crippen molar-refractivity contribution in [1.29, 1.82) is 0 Å². The third kappa shape index (κ3) is 1.63. The SMILES string of the molecule is NCc1cccc2cnc(-c3ccc(O)cc3)n12. The second kappa shape index (κ2) is 4.16. The second-order valence-electron chi connectivity index (χ2n) is 4.11. The number of pyridine rings is 1. The monoisotopic (exact) mass is 239 g/mol. The average molecular weight is 239 g/mol. The Morgan fingerprint density at radius 2 is 1.89 bits per heavy atom. The van der Waals surface area contributed by atoms with Gasteiger partial charge in [-0.1, -0.05) is 6.07 Å². The van der Waals surface area contributed by atoms with Crippen LogP contribution < -0.4 is 5.73 Å². The van der Waals surface area contributed by atoms with Crippen molar-refractivity contribution in [3.05, 3.63) is 54.4 Å². The molecule has 18 heavy (non-hydrogen) atoms. The quantitative estimate of drug-likeness (QED) is 0.720. The van der Waals surface area contributed by atoms with E-state index in [1.807, 2.05) is 40.9 Å². The van der Waals surface area contributed by atoms with Crippen molar-refractivity contribution in [1.82, 2.24) is 9.38 Å². The highest BCUT2D eigenvalue weighted by Crippen LogP contribution is 2.23. The van der Waals surface area contributed by atoms with Crippen molar-refractivity contribution < 1.29 is 5.11 Å². The molecule has 1 aromatic carbocycles. The van der Waals surface area contributed by atoms with E-state index >= 15 is 0 Å². The molecule has 3 N–H and O–H groups in total. The summed E-state index contributed by atoms with van der Waals surface area (Å²) in [4.78, 5) is 4.43. The van der Waals surface area contributed by atoms with E-state index in [1.165, 1.54) is 0 Å². The van der Waals surface area contributed by atoms with Crippen molar-refractivity contribution in [2.45, 2.75) is 6.54 Å². The molecule has 4 heteroatoms. The van der Waals surface area contributed by atoms with E-state index in [9.17, 15) is 5.11 Å². The number of hydrogen-bond acceptors (Lipinski definition) is 3. The molecule has 2 aromatic heterocycles. The minimum Gasteiger partial charge on any atom is -0.508 e. The van der Waals surface area contributed by atoms with Gasteiger partial charge in [0, 0.05) is 17.8 Å². The predicted octanol–water partition coefficient (Wildman–Crippen LogP) is 2.17. The predicted molar refractivity (Wildman–Crippen MR) is 70.2 cm³/mol. The number of benzene rings is 1. The van der Waals surface area contributed by atoms with Crippen molar-refractivity contribution in [3.8, 4) is 17.1 Å². The standard InChI is InChI=1S/C14H13N3O/c15-8-11-2-1-3-12-9-16-14(17(11)12)10-4-6-13(18)7-5-10/h1-7,9,18H,8,15H2. The van der Waals surface area contributed by atoms with Gasteiger partial charge in [0.25, 0.3) is 0 Å². The molecule has 0 fully saturated rings. The largest absolute Gasteiger partial charge is 0.508 e. The van der Waals surface area contributed by atoms with Gasteiger partial charge in [0.1, 0.15) is 11.6 Å². The lowest BCUT2D eigenvalue weighted by molar-refractivity contribution is 0.475. The molecule has 0 bridgehead atoms. The number of nitrogens with zero attached hydrogens (tertiary/aromatic N) is 2. The fourth-order valence-electron chi connectivity index (χ4n) is 2.09. The molecule has 0 aliphatic carbocycles. The molecule has 90 valence electrons. The van der Waals surface area contributed by atoms with Crippen molar-refractivity contribution in [2.75, 3.05) is 0 Å². The Bertz CT molecular complexity index is 686. The Morgan fingerprint density at radius 3 is 2.61 bits per heavy atom. The molecule has 0 aliphatic heterocycles. The Morgan fingerprint density at radius 1 is 1.11 bits per heavy atom. The first kappa shape index (κ1) is 10.8. The van der Waals surface area contributed by atoms with Gasteiger partial charge < -0.3 is 10.8 Å². The number of imidazole rings is 1. The topological polar surface area (TPSA) is 63.5 Å². The molecule has 0 aliphatic rings. The Hall–Kier alpha value is -2.33. The van der Waals surface area contributed by atoms with Gasteiger partial charge in [-0.2, -0.15) is 0 Å². The van der Waals surface area contributed by atoms with Gasteiger partial charge in [-0.05, 0) is 36.4 Å². The van der Waals surface area contributed by atoms with E-state index in [4.69, 9.17) is 5.73 Å². The number of fused-ring (bicyclic) bond motifs is 1. The minimum atomic E-state index is 0.249. The summed E-state index contributed by atoms with van der Waals surface area (Å²) in [5.74, 6) is 1.09. The number of phenolic OH excluding ortho intramolecular Hbond substituents is 1. The lowest BCUT2D eigenvalue weighted by Gasteiger charge is -2.07. The number of aromatic nitrogens is 2. The smallest absolute Gasteiger partial charge is 0.144 e. The first-order valence-corrected chi connectivity index (χ1v) is 5.74. The summed E-state index contributed by atoms with van der Waals surface area (Å²) in [5, 5.41) is 9.32. The van der Waals surface area contributed by atoms with Crippen LogP contribution in [0.3, 0.4) is 0 Å². The van der Waals surface area contributed by atoms with Gasteiger partial charge in [0.05, 0.1) is 11.7 Å². The fourth-order valence-corrected chi connectivity index (χ4v) is 2.09. The third-order valence-corrected chi connectivity index (χ3v) is 2.97. The van der Waals surface area contributed by atoms with Gasteiger partial charge in [0.15, 0.2) is 0 Å². The van der Waals surface area contributed by atoms with Crippen LogP contribution >= 0.6 is 0 Å². The van der Waals surface area contributed by atoms with Gasteiger partial charge in [-0.25, -0.2) is 4.98 Å². The molecular formula is C14H13N3O. The lowest BCUT2D eigenvalue weighted by Crippen LogP contribution is -2.04. The zero-order valence-electron chi connectivity index (χ0n) is 9.74. The molecule has 4 nitrogen and oxygen atoms in total. The van der Waals surface area contributed by atoms with Crippen molar-refractivity contribution >= 4 is 5.52 Å². The number of phenols is 1. The van der Waals surface area contributed by atoms with Crippen molar-refractivity contribution in [2.24, 2.45) is 5.73 Å². The third-order valence-electron chi connectivity index (χ3n) is 2.97. The fraction of sp³-hybridized carbons (Fsp3) is 0.0714. The van der Waals surface area contributed by atoms with Crippen molar-refractivity contribution in [3.63, 3.8) is 0 Å². The first-order valence-electron chi connectivity index (χ1n) is 5.74. The summed E-state index contributed by atoms with van der Waals surface area (Å²) in [6, 6.07) is 13.0. The molecule has 0 amide bonds. The molecule has 0 saturated carbocycles. The maximum Gasteiger partial charge on any atom is 0.144 e. The van der Waals surface area contributed by atoms with Crippen LogP contribution in [0, 0.1) is 0 Å². The van der Waals surface area contributed by atoms with Gasteiger partial charge in [-0.3, -0.25) is 4.40 Å². The molecule has 3 rings (SSSR count). The highest BCUT2D eigenvalue weighted by atomic mass is 16.3. The molecule has 0 unspecified atom stereocenters. The number of rotatable bonds is 2. The summed E-state index contributed by atoms with van der Waals surface area (Å²) in [6.45, 7) is 0.457. The van der Waals surface area contributed by atoms with E-state index in [-0.39, 0.29) is 5.75 Å². The Balaban J connectivity index is 2.26. The zero-order chi connectivity index (χ0) is 12.5. The number of nitrogens with two attached hydrogens (primary N) is 1. The maximum absolute atomic E-state index is 9.32. The van der Waals surface area contributed by atoms with Gasteiger partial charge in [-0.15, -0.1) is 0 Å². The summed E-state index contributed by atoms with van der Waals surface area (Å²) >= 11 is 0. The minimum absolute atomic E-state index is 0.249. The van der Waals surface area contributed by atoms with E-state index in [0.29, 0.717) is 6.54 Å². The highest BCUT2D eigenvalue weighted by molar-refractivity contribution is 5.63. The van der Waals surface area contributed by atoms with Crippen LogP contribution in [0.1, 0.15) is 5.69 Å². The van der Waals surface area contributed by atoms with Crippen LogP contribution in [-0.2, 0) is 6.54 Å². The van der Waals surface area contributed by atoms with E-state index in [0.717, 1.165) is 22.6 Å². The highest BCUT2D eigenvalue weighted by Gasteiger charge is 2.08. The first-order chi connectivity index (χ1) is 8.79. The van der Waals surface area contributed by atoms with Crippen LogP contribution in [0.4, 0.5) is 0 Å². The normalized spacial score (nSPS) is 10.9. The molecule has 3 aromatic rings. The molecule has 0 spiro atoms. The second-order valence-corrected chi connectivity index (χ2v) is 4.11. The number of aromatic hydroxyl groups is 1. The maximum atomic E-state index is 9.32. The average Bonchev–Trinajstić information content (AvgIpc) is 2.83. The van der Waals surface area contributed by atoms with Gasteiger partial charge in [0.2, 0.25) is 0 Å².